The summed E-state index contributed by atoms with van der Waals surface area (Å²) in [7, 11) is 3.15. The van der Waals surface area contributed by atoms with Gasteiger partial charge in [0.2, 0.25) is 5.91 Å². The Morgan fingerprint density at radius 1 is 1.16 bits per heavy atom. The molecule has 3 aromatic rings. The molecule has 0 saturated carbocycles. The highest BCUT2D eigenvalue weighted by Crippen LogP contribution is 2.31. The number of nitrogens with one attached hydrogen (secondary N) is 1. The Bertz CT molecular complexity index is 1050. The number of carbonyl (C=O) groups excluding carboxylic acids is 1. The number of methoxy groups -OCH3 is 2. The van der Waals surface area contributed by atoms with Crippen molar-refractivity contribution >= 4 is 23.4 Å². The summed E-state index contributed by atoms with van der Waals surface area (Å²) in [6.45, 7) is 6.79. The fourth-order valence-corrected chi connectivity index (χ4v) is 4.03. The molecule has 0 bridgehead atoms. The molecular formula is C23H28N4O3S. The Kier molecular flexibility index (Phi) is 7.57. The topological polar surface area (TPSA) is 78.3 Å². The van der Waals surface area contributed by atoms with Crippen LogP contribution in [-0.4, -0.2) is 40.1 Å². The van der Waals surface area contributed by atoms with Gasteiger partial charge in [-0.1, -0.05) is 42.4 Å². The summed E-state index contributed by atoms with van der Waals surface area (Å²) in [5.74, 6) is 1.87. The number of aryl methyl sites for hydroxylation is 1. The third kappa shape index (κ3) is 5.38. The van der Waals surface area contributed by atoms with Crippen LogP contribution in [0.4, 0.5) is 5.69 Å². The Morgan fingerprint density at radius 2 is 1.97 bits per heavy atom. The number of benzene rings is 2. The lowest BCUT2D eigenvalue weighted by Gasteiger charge is -2.15. The summed E-state index contributed by atoms with van der Waals surface area (Å²) in [5.41, 5.74) is 2.75. The van der Waals surface area contributed by atoms with Crippen LogP contribution in [0.2, 0.25) is 0 Å². The minimum Gasteiger partial charge on any atom is -0.497 e. The molecule has 2 aromatic carbocycles. The van der Waals surface area contributed by atoms with Crippen molar-refractivity contribution in [1.82, 2.24) is 14.8 Å². The summed E-state index contributed by atoms with van der Waals surface area (Å²) in [6, 6.07) is 13.5. The number of thioether (sulfide) groups is 1. The van der Waals surface area contributed by atoms with E-state index in [9.17, 15) is 4.79 Å². The lowest BCUT2D eigenvalue weighted by atomic mass is 10.1. The van der Waals surface area contributed by atoms with E-state index in [1.54, 1.807) is 32.4 Å². The molecule has 3 rings (SSSR count). The smallest absolute Gasteiger partial charge is 0.237 e. The number of hydrogen-bond donors (Lipinski definition) is 1. The minimum absolute atomic E-state index is 0.153. The van der Waals surface area contributed by atoms with E-state index in [-0.39, 0.29) is 11.2 Å². The molecule has 1 unspecified atom stereocenters. The molecule has 31 heavy (non-hydrogen) atoms. The number of nitrogens with zero attached hydrogens (tertiary/aromatic N) is 3. The summed E-state index contributed by atoms with van der Waals surface area (Å²) in [4.78, 5) is 12.9. The molecule has 7 nitrogen and oxygen atoms in total. The van der Waals surface area contributed by atoms with E-state index in [0.29, 0.717) is 17.2 Å². The van der Waals surface area contributed by atoms with Crippen molar-refractivity contribution in [3.8, 4) is 22.9 Å². The van der Waals surface area contributed by atoms with Crippen molar-refractivity contribution in [2.45, 2.75) is 44.1 Å². The molecule has 1 aromatic heterocycles. The molecule has 164 valence electrons. The zero-order valence-corrected chi connectivity index (χ0v) is 19.3. The van der Waals surface area contributed by atoms with Crippen LogP contribution in [0.5, 0.6) is 11.5 Å². The van der Waals surface area contributed by atoms with Crippen LogP contribution in [0, 0.1) is 6.92 Å². The Labute approximate surface area is 187 Å². The highest BCUT2D eigenvalue weighted by atomic mass is 32.2. The SMILES string of the molecule is CCCn1c(SC(C)C(=O)Nc2cc(OC)ccc2OC)nnc1-c1cccc(C)c1. The molecule has 1 N–H and O–H groups in total. The standard InChI is InChI=1S/C23H28N4O3S/c1-6-12-27-21(17-9-7-8-15(2)13-17)25-26-23(27)31-16(3)22(28)24-19-14-18(29-4)10-11-20(19)30-5/h7-11,13-14,16H,6,12H2,1-5H3,(H,24,28). The number of aromatic nitrogens is 3. The molecule has 0 aliphatic carbocycles. The normalized spacial score (nSPS) is 11.8. The van der Waals surface area contributed by atoms with E-state index < -0.39 is 0 Å². The zero-order chi connectivity index (χ0) is 22.4. The van der Waals surface area contributed by atoms with Crippen molar-refractivity contribution < 1.29 is 14.3 Å². The van der Waals surface area contributed by atoms with Gasteiger partial charge in [0.05, 0.1) is 25.2 Å². The lowest BCUT2D eigenvalue weighted by molar-refractivity contribution is -0.115. The van der Waals surface area contributed by atoms with Gasteiger partial charge in [-0.2, -0.15) is 0 Å². The van der Waals surface area contributed by atoms with Gasteiger partial charge < -0.3 is 19.4 Å². The molecule has 0 aliphatic rings. The van der Waals surface area contributed by atoms with Gasteiger partial charge in [-0.05, 0) is 38.5 Å². The van der Waals surface area contributed by atoms with Gasteiger partial charge in [0, 0.05) is 18.2 Å². The second-order valence-electron chi connectivity index (χ2n) is 7.14. The summed E-state index contributed by atoms with van der Waals surface area (Å²) >= 11 is 1.39. The van der Waals surface area contributed by atoms with Crippen LogP contribution in [0.15, 0.2) is 47.6 Å². The molecule has 1 amide bonds. The monoisotopic (exact) mass is 440 g/mol. The van der Waals surface area contributed by atoms with E-state index in [1.807, 2.05) is 19.1 Å². The van der Waals surface area contributed by atoms with Gasteiger partial charge in [0.1, 0.15) is 11.5 Å². The molecule has 1 atom stereocenters. The second kappa shape index (κ2) is 10.3. The maximum Gasteiger partial charge on any atom is 0.237 e. The molecule has 8 heteroatoms. The van der Waals surface area contributed by atoms with E-state index in [1.165, 1.54) is 11.8 Å². The molecule has 0 radical (unpaired) electrons. The third-order valence-electron chi connectivity index (χ3n) is 4.76. The van der Waals surface area contributed by atoms with Crippen molar-refractivity contribution in [1.29, 1.82) is 0 Å². The van der Waals surface area contributed by atoms with Gasteiger partial charge in [-0.15, -0.1) is 10.2 Å². The largest absolute Gasteiger partial charge is 0.497 e. The quantitative estimate of drug-likeness (QED) is 0.482. The average molecular weight is 441 g/mol. The number of carbonyl (C=O) groups is 1. The number of hydrogen-bond acceptors (Lipinski definition) is 6. The zero-order valence-electron chi connectivity index (χ0n) is 18.5. The molecule has 0 saturated heterocycles. The molecule has 0 spiro atoms. The first kappa shape index (κ1) is 22.7. The first-order chi connectivity index (χ1) is 15.0. The predicted octanol–water partition coefficient (Wildman–Crippen LogP) is 4.80. The van der Waals surface area contributed by atoms with Crippen LogP contribution < -0.4 is 14.8 Å². The first-order valence-electron chi connectivity index (χ1n) is 10.2. The Hall–Kier alpha value is -3.00. The molecule has 1 heterocycles. The van der Waals surface area contributed by atoms with E-state index in [2.05, 4.69) is 46.1 Å². The molecule has 0 aliphatic heterocycles. The van der Waals surface area contributed by atoms with Crippen molar-refractivity contribution in [2.24, 2.45) is 0 Å². The second-order valence-corrected chi connectivity index (χ2v) is 8.45. The van der Waals surface area contributed by atoms with Crippen LogP contribution in [0.3, 0.4) is 0 Å². The van der Waals surface area contributed by atoms with Gasteiger partial charge in [-0.25, -0.2) is 0 Å². The lowest BCUT2D eigenvalue weighted by Crippen LogP contribution is -2.23. The van der Waals surface area contributed by atoms with Crippen LogP contribution in [-0.2, 0) is 11.3 Å². The number of anilines is 1. The maximum absolute atomic E-state index is 12.9. The molecular weight excluding hydrogens is 412 g/mol. The van der Waals surface area contributed by atoms with Crippen molar-refractivity contribution in [2.75, 3.05) is 19.5 Å². The highest BCUT2D eigenvalue weighted by Gasteiger charge is 2.22. The minimum atomic E-state index is -0.388. The fourth-order valence-electron chi connectivity index (χ4n) is 3.16. The predicted molar refractivity (Wildman–Crippen MR) is 124 cm³/mol. The van der Waals surface area contributed by atoms with E-state index in [4.69, 9.17) is 9.47 Å². The Morgan fingerprint density at radius 3 is 2.65 bits per heavy atom. The van der Waals surface area contributed by atoms with Gasteiger partial charge >= 0.3 is 0 Å². The van der Waals surface area contributed by atoms with E-state index in [0.717, 1.165) is 35.1 Å². The van der Waals surface area contributed by atoms with Gasteiger partial charge in [0.15, 0.2) is 11.0 Å². The molecule has 0 fully saturated rings. The van der Waals surface area contributed by atoms with Crippen molar-refractivity contribution in [3.05, 3.63) is 48.0 Å². The average Bonchev–Trinajstić information content (AvgIpc) is 3.16. The van der Waals surface area contributed by atoms with Crippen molar-refractivity contribution in [3.63, 3.8) is 0 Å². The number of amides is 1. The maximum atomic E-state index is 12.9. The van der Waals surface area contributed by atoms with Crippen LogP contribution >= 0.6 is 11.8 Å². The van der Waals surface area contributed by atoms with Crippen LogP contribution in [0.1, 0.15) is 25.8 Å². The number of ether oxygens (including phenoxy) is 2. The van der Waals surface area contributed by atoms with E-state index >= 15 is 0 Å². The summed E-state index contributed by atoms with van der Waals surface area (Å²) < 4.78 is 12.7. The first-order valence-corrected chi connectivity index (χ1v) is 11.0. The highest BCUT2D eigenvalue weighted by molar-refractivity contribution is 8.00. The third-order valence-corrected chi connectivity index (χ3v) is 5.84. The Balaban J connectivity index is 1.80. The van der Waals surface area contributed by atoms with Crippen LogP contribution in [0.25, 0.3) is 11.4 Å². The summed E-state index contributed by atoms with van der Waals surface area (Å²) in [5, 5.41) is 12.1. The summed E-state index contributed by atoms with van der Waals surface area (Å²) in [6.07, 6.45) is 0.937. The number of rotatable bonds is 9. The fraction of sp³-hybridized carbons (Fsp3) is 0.348. The van der Waals surface area contributed by atoms with Gasteiger partial charge in [-0.3, -0.25) is 4.79 Å². The van der Waals surface area contributed by atoms with Gasteiger partial charge in [0.25, 0.3) is 0 Å².